The first-order chi connectivity index (χ1) is 8.83. The molecule has 0 spiro atoms. The fourth-order valence-electron chi connectivity index (χ4n) is 1.63. The van der Waals surface area contributed by atoms with Crippen LogP contribution >= 0.6 is 0 Å². The third-order valence-electron chi connectivity index (χ3n) is 2.53. The summed E-state index contributed by atoms with van der Waals surface area (Å²) in [4.78, 5) is 4.24. The molecule has 2 rings (SSSR count). The second-order valence-electron chi connectivity index (χ2n) is 3.95. The SMILES string of the molecule is CCCc1noc(COc2ccccc2CN)n1. The summed E-state index contributed by atoms with van der Waals surface area (Å²) >= 11 is 0. The lowest BCUT2D eigenvalue weighted by molar-refractivity contribution is 0.240. The topological polar surface area (TPSA) is 74.2 Å². The van der Waals surface area contributed by atoms with Crippen molar-refractivity contribution in [1.29, 1.82) is 0 Å². The molecule has 2 N–H and O–H groups in total. The van der Waals surface area contributed by atoms with Crippen LogP contribution < -0.4 is 10.5 Å². The highest BCUT2D eigenvalue weighted by Crippen LogP contribution is 2.18. The highest BCUT2D eigenvalue weighted by Gasteiger charge is 2.07. The van der Waals surface area contributed by atoms with E-state index in [1.165, 1.54) is 0 Å². The number of aromatic nitrogens is 2. The van der Waals surface area contributed by atoms with Crippen LogP contribution in [0.3, 0.4) is 0 Å². The number of nitrogens with zero attached hydrogens (tertiary/aromatic N) is 2. The smallest absolute Gasteiger partial charge is 0.264 e. The average Bonchev–Trinajstić information content (AvgIpc) is 2.85. The summed E-state index contributed by atoms with van der Waals surface area (Å²) in [6, 6.07) is 7.66. The largest absolute Gasteiger partial charge is 0.483 e. The van der Waals surface area contributed by atoms with Crippen molar-refractivity contribution in [3.05, 3.63) is 41.5 Å². The van der Waals surface area contributed by atoms with Crippen LogP contribution in [0.15, 0.2) is 28.8 Å². The van der Waals surface area contributed by atoms with E-state index < -0.39 is 0 Å². The van der Waals surface area contributed by atoms with Crippen molar-refractivity contribution >= 4 is 0 Å². The van der Waals surface area contributed by atoms with E-state index in [1.54, 1.807) is 0 Å². The lowest BCUT2D eigenvalue weighted by Gasteiger charge is -2.07. The molecule has 0 atom stereocenters. The van der Waals surface area contributed by atoms with Gasteiger partial charge in [-0.2, -0.15) is 4.98 Å². The van der Waals surface area contributed by atoms with Crippen molar-refractivity contribution in [3.63, 3.8) is 0 Å². The van der Waals surface area contributed by atoms with E-state index in [1.807, 2.05) is 24.3 Å². The molecule has 1 aromatic carbocycles. The normalized spacial score (nSPS) is 10.6. The molecule has 18 heavy (non-hydrogen) atoms. The molecule has 5 nitrogen and oxygen atoms in total. The van der Waals surface area contributed by atoms with Crippen LogP contribution in [0.5, 0.6) is 5.75 Å². The van der Waals surface area contributed by atoms with Crippen molar-refractivity contribution < 1.29 is 9.26 Å². The summed E-state index contributed by atoms with van der Waals surface area (Å²) < 4.78 is 10.7. The molecule has 0 unspecified atom stereocenters. The van der Waals surface area contributed by atoms with Gasteiger partial charge in [0, 0.05) is 18.5 Å². The van der Waals surface area contributed by atoms with Crippen LogP contribution in [0.4, 0.5) is 0 Å². The molecule has 1 aromatic heterocycles. The number of para-hydroxylation sites is 1. The Hall–Kier alpha value is -1.88. The highest BCUT2D eigenvalue weighted by atomic mass is 16.5. The molecule has 0 radical (unpaired) electrons. The van der Waals surface area contributed by atoms with E-state index in [2.05, 4.69) is 17.1 Å². The molecule has 0 saturated carbocycles. The zero-order valence-electron chi connectivity index (χ0n) is 10.4. The third-order valence-corrected chi connectivity index (χ3v) is 2.53. The number of hydrogen-bond acceptors (Lipinski definition) is 5. The molecule has 2 aromatic rings. The highest BCUT2D eigenvalue weighted by molar-refractivity contribution is 5.32. The minimum Gasteiger partial charge on any atom is -0.483 e. The van der Waals surface area contributed by atoms with Crippen molar-refractivity contribution in [2.24, 2.45) is 5.73 Å². The van der Waals surface area contributed by atoms with Gasteiger partial charge in [-0.3, -0.25) is 0 Å². The molecule has 0 saturated heterocycles. The minimum absolute atomic E-state index is 0.272. The summed E-state index contributed by atoms with van der Waals surface area (Å²) in [5, 5.41) is 3.87. The Morgan fingerprint density at radius 2 is 2.17 bits per heavy atom. The zero-order chi connectivity index (χ0) is 12.8. The molecule has 0 bridgehead atoms. The number of nitrogens with two attached hydrogens (primary N) is 1. The van der Waals surface area contributed by atoms with Crippen LogP contribution in [-0.2, 0) is 19.6 Å². The molecular weight excluding hydrogens is 230 g/mol. The maximum absolute atomic E-state index is 5.63. The third kappa shape index (κ3) is 3.07. The summed E-state index contributed by atoms with van der Waals surface area (Å²) in [7, 11) is 0. The van der Waals surface area contributed by atoms with E-state index in [9.17, 15) is 0 Å². The van der Waals surface area contributed by atoms with Gasteiger partial charge in [0.2, 0.25) is 0 Å². The second kappa shape index (κ2) is 6.16. The Bertz CT molecular complexity index is 496. The van der Waals surface area contributed by atoms with Gasteiger partial charge in [0.05, 0.1) is 0 Å². The molecule has 1 heterocycles. The fraction of sp³-hybridized carbons (Fsp3) is 0.385. The summed E-state index contributed by atoms with van der Waals surface area (Å²) in [6.07, 6.45) is 1.82. The summed E-state index contributed by atoms with van der Waals surface area (Å²) in [5.41, 5.74) is 6.60. The maximum Gasteiger partial charge on any atom is 0.264 e. The standard InChI is InChI=1S/C13H17N3O2/c1-2-5-12-15-13(18-16-12)9-17-11-7-4-3-6-10(11)8-14/h3-4,6-7H,2,5,8-9,14H2,1H3. The van der Waals surface area contributed by atoms with Crippen LogP contribution in [0.2, 0.25) is 0 Å². The van der Waals surface area contributed by atoms with Crippen molar-refractivity contribution in [1.82, 2.24) is 10.1 Å². The van der Waals surface area contributed by atoms with Crippen LogP contribution in [0.1, 0.15) is 30.6 Å². The molecule has 0 aliphatic carbocycles. The first-order valence-electron chi connectivity index (χ1n) is 6.05. The average molecular weight is 247 g/mol. The zero-order valence-corrected chi connectivity index (χ0v) is 10.4. The summed E-state index contributed by atoms with van der Waals surface area (Å²) in [5.74, 6) is 1.98. The van der Waals surface area contributed by atoms with Crippen molar-refractivity contribution in [3.8, 4) is 5.75 Å². The number of ether oxygens (including phenoxy) is 1. The van der Waals surface area contributed by atoms with E-state index in [0.29, 0.717) is 12.4 Å². The van der Waals surface area contributed by atoms with Gasteiger partial charge >= 0.3 is 0 Å². The van der Waals surface area contributed by atoms with E-state index in [4.69, 9.17) is 15.0 Å². The van der Waals surface area contributed by atoms with Gasteiger partial charge < -0.3 is 15.0 Å². The van der Waals surface area contributed by atoms with Gasteiger partial charge in [-0.15, -0.1) is 0 Å². The van der Waals surface area contributed by atoms with Crippen molar-refractivity contribution in [2.45, 2.75) is 32.9 Å². The molecule has 0 fully saturated rings. The molecule has 96 valence electrons. The number of hydrogen-bond donors (Lipinski definition) is 1. The molecule has 0 amide bonds. The minimum atomic E-state index is 0.272. The number of benzene rings is 1. The quantitative estimate of drug-likeness (QED) is 0.845. The van der Waals surface area contributed by atoms with Crippen LogP contribution in [0, 0.1) is 0 Å². The second-order valence-corrected chi connectivity index (χ2v) is 3.95. The Balaban J connectivity index is 1.97. The van der Waals surface area contributed by atoms with Crippen LogP contribution in [0.25, 0.3) is 0 Å². The van der Waals surface area contributed by atoms with Gasteiger partial charge in [-0.1, -0.05) is 30.3 Å². The van der Waals surface area contributed by atoms with Gasteiger partial charge in [0.1, 0.15) is 5.75 Å². The monoisotopic (exact) mass is 247 g/mol. The predicted molar refractivity (Wildman–Crippen MR) is 67.0 cm³/mol. The Labute approximate surface area is 106 Å². The van der Waals surface area contributed by atoms with Crippen LogP contribution in [-0.4, -0.2) is 10.1 Å². The van der Waals surface area contributed by atoms with Crippen molar-refractivity contribution in [2.75, 3.05) is 0 Å². The van der Waals surface area contributed by atoms with E-state index >= 15 is 0 Å². The summed E-state index contributed by atoms with van der Waals surface area (Å²) in [6.45, 7) is 2.79. The Morgan fingerprint density at radius 3 is 2.94 bits per heavy atom. The fourth-order valence-corrected chi connectivity index (χ4v) is 1.63. The first kappa shape index (κ1) is 12.6. The Morgan fingerprint density at radius 1 is 1.33 bits per heavy atom. The van der Waals surface area contributed by atoms with E-state index in [0.717, 1.165) is 30.0 Å². The first-order valence-corrected chi connectivity index (χ1v) is 6.05. The molecule has 0 aliphatic heterocycles. The van der Waals surface area contributed by atoms with Gasteiger partial charge in [0.25, 0.3) is 5.89 Å². The van der Waals surface area contributed by atoms with Gasteiger partial charge in [0.15, 0.2) is 12.4 Å². The molecule has 5 heteroatoms. The van der Waals surface area contributed by atoms with Gasteiger partial charge in [-0.25, -0.2) is 0 Å². The number of rotatable bonds is 6. The van der Waals surface area contributed by atoms with Gasteiger partial charge in [-0.05, 0) is 12.5 Å². The lowest BCUT2D eigenvalue weighted by Crippen LogP contribution is -2.02. The maximum atomic E-state index is 5.63. The number of aryl methyl sites for hydroxylation is 1. The predicted octanol–water partition coefficient (Wildman–Crippen LogP) is 2.06. The Kier molecular flexibility index (Phi) is 4.30. The molecular formula is C13H17N3O2. The van der Waals surface area contributed by atoms with E-state index in [-0.39, 0.29) is 6.61 Å². The molecule has 0 aliphatic rings. The lowest BCUT2D eigenvalue weighted by atomic mass is 10.2.